The van der Waals surface area contributed by atoms with Crippen LogP contribution in [0.15, 0.2) is 0 Å². The molecule has 0 aromatic carbocycles. The summed E-state index contributed by atoms with van der Waals surface area (Å²) in [5.74, 6) is 0.945. The molecular formula is C15H31N3. The van der Waals surface area contributed by atoms with Gasteiger partial charge in [-0.3, -0.25) is 4.90 Å². The number of hydrogen-bond acceptors (Lipinski definition) is 3. The quantitative estimate of drug-likeness (QED) is 0.824. The largest absolute Gasteiger partial charge is 0.316 e. The van der Waals surface area contributed by atoms with Gasteiger partial charge in [-0.15, -0.1) is 0 Å². The Morgan fingerprint density at radius 3 is 2.50 bits per heavy atom. The summed E-state index contributed by atoms with van der Waals surface area (Å²) in [7, 11) is 2.26. The van der Waals surface area contributed by atoms with Gasteiger partial charge in [-0.1, -0.05) is 0 Å². The van der Waals surface area contributed by atoms with Crippen molar-refractivity contribution >= 4 is 0 Å². The lowest BCUT2D eigenvalue weighted by Crippen LogP contribution is -2.54. The van der Waals surface area contributed by atoms with Gasteiger partial charge in [-0.2, -0.15) is 0 Å². The first-order chi connectivity index (χ1) is 8.66. The molecule has 3 atom stereocenters. The summed E-state index contributed by atoms with van der Waals surface area (Å²) < 4.78 is 0. The molecule has 0 aliphatic carbocycles. The van der Waals surface area contributed by atoms with Gasteiger partial charge in [-0.25, -0.2) is 0 Å². The first-order valence-electron chi connectivity index (χ1n) is 7.82. The molecule has 0 aromatic rings. The van der Waals surface area contributed by atoms with E-state index in [1.807, 2.05) is 0 Å². The van der Waals surface area contributed by atoms with Crippen molar-refractivity contribution in [1.82, 2.24) is 15.1 Å². The third-order valence-electron chi connectivity index (χ3n) is 4.92. The van der Waals surface area contributed by atoms with Crippen molar-refractivity contribution in [3.8, 4) is 0 Å². The van der Waals surface area contributed by atoms with Crippen LogP contribution in [0.2, 0.25) is 0 Å². The molecule has 3 unspecified atom stereocenters. The molecule has 3 nitrogen and oxygen atoms in total. The molecule has 2 aliphatic heterocycles. The highest BCUT2D eigenvalue weighted by molar-refractivity contribution is 4.82. The molecule has 0 saturated carbocycles. The third-order valence-corrected chi connectivity index (χ3v) is 4.92. The van der Waals surface area contributed by atoms with Crippen molar-refractivity contribution in [1.29, 1.82) is 0 Å². The highest BCUT2D eigenvalue weighted by atomic mass is 15.3. The van der Waals surface area contributed by atoms with Crippen molar-refractivity contribution in [2.24, 2.45) is 5.92 Å². The number of nitrogens with zero attached hydrogens (tertiary/aromatic N) is 2. The molecule has 106 valence electrons. The topological polar surface area (TPSA) is 18.5 Å². The fraction of sp³-hybridized carbons (Fsp3) is 1.00. The maximum Gasteiger partial charge on any atom is 0.0195 e. The molecule has 3 heteroatoms. The molecule has 0 radical (unpaired) electrons. The lowest BCUT2D eigenvalue weighted by Gasteiger charge is -2.42. The van der Waals surface area contributed by atoms with E-state index in [4.69, 9.17) is 0 Å². The SMILES string of the molecule is CC1CN(CCCC2CCCNC2)CC(C)N1C. The number of piperidine rings is 1. The molecule has 1 N–H and O–H groups in total. The van der Waals surface area contributed by atoms with Gasteiger partial charge in [0.05, 0.1) is 0 Å². The van der Waals surface area contributed by atoms with Gasteiger partial charge in [-0.05, 0) is 72.1 Å². The highest BCUT2D eigenvalue weighted by Gasteiger charge is 2.26. The minimum absolute atomic E-state index is 0.713. The predicted molar refractivity (Wildman–Crippen MR) is 78.0 cm³/mol. The average Bonchev–Trinajstić information content (AvgIpc) is 2.37. The average molecular weight is 253 g/mol. The second kappa shape index (κ2) is 6.88. The van der Waals surface area contributed by atoms with Crippen LogP contribution in [0.4, 0.5) is 0 Å². The van der Waals surface area contributed by atoms with Crippen molar-refractivity contribution in [2.45, 2.75) is 51.6 Å². The molecule has 0 amide bonds. The number of hydrogen-bond donors (Lipinski definition) is 1. The van der Waals surface area contributed by atoms with Crippen LogP contribution >= 0.6 is 0 Å². The maximum atomic E-state index is 3.52. The maximum absolute atomic E-state index is 3.52. The van der Waals surface area contributed by atoms with E-state index in [2.05, 4.69) is 36.0 Å². The van der Waals surface area contributed by atoms with E-state index in [0.29, 0.717) is 12.1 Å². The fourth-order valence-electron chi connectivity index (χ4n) is 3.47. The smallest absolute Gasteiger partial charge is 0.0195 e. The summed E-state index contributed by atoms with van der Waals surface area (Å²) >= 11 is 0. The van der Waals surface area contributed by atoms with Gasteiger partial charge < -0.3 is 10.2 Å². The Balaban J connectivity index is 1.64. The molecule has 18 heavy (non-hydrogen) atoms. The van der Waals surface area contributed by atoms with E-state index in [0.717, 1.165) is 5.92 Å². The van der Waals surface area contributed by atoms with Crippen LogP contribution < -0.4 is 5.32 Å². The Morgan fingerprint density at radius 1 is 1.17 bits per heavy atom. The van der Waals surface area contributed by atoms with E-state index in [1.54, 1.807) is 0 Å². The summed E-state index contributed by atoms with van der Waals surface area (Å²) in [6.45, 7) is 11.0. The molecule has 0 bridgehead atoms. The second-order valence-corrected chi connectivity index (χ2v) is 6.48. The Labute approximate surface area is 113 Å². The predicted octanol–water partition coefficient (Wildman–Crippen LogP) is 1.79. The minimum Gasteiger partial charge on any atom is -0.316 e. The third kappa shape index (κ3) is 3.94. The molecule has 2 rings (SSSR count). The Morgan fingerprint density at radius 2 is 1.89 bits per heavy atom. The van der Waals surface area contributed by atoms with Crippen LogP contribution in [-0.4, -0.2) is 61.7 Å². The zero-order valence-corrected chi connectivity index (χ0v) is 12.5. The van der Waals surface area contributed by atoms with Crippen molar-refractivity contribution in [2.75, 3.05) is 39.8 Å². The van der Waals surface area contributed by atoms with Gasteiger partial charge in [0.25, 0.3) is 0 Å². The fourth-order valence-corrected chi connectivity index (χ4v) is 3.47. The van der Waals surface area contributed by atoms with E-state index < -0.39 is 0 Å². The zero-order valence-electron chi connectivity index (χ0n) is 12.5. The Hall–Kier alpha value is -0.120. The van der Waals surface area contributed by atoms with Crippen molar-refractivity contribution < 1.29 is 0 Å². The summed E-state index contributed by atoms with van der Waals surface area (Å²) in [5, 5.41) is 3.52. The van der Waals surface area contributed by atoms with Crippen LogP contribution in [-0.2, 0) is 0 Å². The molecule has 2 aliphatic rings. The summed E-state index contributed by atoms with van der Waals surface area (Å²) in [4.78, 5) is 5.19. The molecular weight excluding hydrogens is 222 g/mol. The normalized spacial score (nSPS) is 35.8. The van der Waals surface area contributed by atoms with Crippen LogP contribution in [0.1, 0.15) is 39.5 Å². The van der Waals surface area contributed by atoms with Gasteiger partial charge in [0.15, 0.2) is 0 Å². The lowest BCUT2D eigenvalue weighted by atomic mass is 9.94. The van der Waals surface area contributed by atoms with E-state index in [-0.39, 0.29) is 0 Å². The van der Waals surface area contributed by atoms with Gasteiger partial charge in [0.2, 0.25) is 0 Å². The van der Waals surface area contributed by atoms with Gasteiger partial charge in [0, 0.05) is 25.2 Å². The monoisotopic (exact) mass is 253 g/mol. The van der Waals surface area contributed by atoms with Gasteiger partial charge >= 0.3 is 0 Å². The van der Waals surface area contributed by atoms with Crippen LogP contribution in [0, 0.1) is 5.92 Å². The van der Waals surface area contributed by atoms with Crippen molar-refractivity contribution in [3.05, 3.63) is 0 Å². The Kier molecular flexibility index (Phi) is 5.46. The highest BCUT2D eigenvalue weighted by Crippen LogP contribution is 2.18. The second-order valence-electron chi connectivity index (χ2n) is 6.48. The molecule has 0 aromatic heterocycles. The van der Waals surface area contributed by atoms with E-state index in [9.17, 15) is 0 Å². The van der Waals surface area contributed by atoms with Crippen LogP contribution in [0.25, 0.3) is 0 Å². The first-order valence-corrected chi connectivity index (χ1v) is 7.82. The summed E-state index contributed by atoms with van der Waals surface area (Å²) in [5.41, 5.74) is 0. The lowest BCUT2D eigenvalue weighted by molar-refractivity contribution is 0.0582. The molecule has 0 spiro atoms. The standard InChI is InChI=1S/C15H31N3/c1-13-11-18(12-14(2)17(13)3)9-5-7-15-6-4-8-16-10-15/h13-16H,4-12H2,1-3H3. The molecule has 2 heterocycles. The van der Waals surface area contributed by atoms with Crippen LogP contribution in [0.3, 0.4) is 0 Å². The molecule has 2 saturated heterocycles. The summed E-state index contributed by atoms with van der Waals surface area (Å²) in [6.07, 6.45) is 5.63. The Bertz CT molecular complexity index is 226. The van der Waals surface area contributed by atoms with Crippen molar-refractivity contribution in [3.63, 3.8) is 0 Å². The number of piperazine rings is 1. The van der Waals surface area contributed by atoms with Gasteiger partial charge in [0.1, 0.15) is 0 Å². The number of likely N-dealkylation sites (N-methyl/N-ethyl adjacent to an activating group) is 1. The molecule has 2 fully saturated rings. The number of nitrogens with one attached hydrogen (secondary N) is 1. The first kappa shape index (κ1) is 14.3. The minimum atomic E-state index is 0.713. The number of rotatable bonds is 4. The van der Waals surface area contributed by atoms with E-state index >= 15 is 0 Å². The summed E-state index contributed by atoms with van der Waals surface area (Å²) in [6, 6.07) is 1.43. The van der Waals surface area contributed by atoms with Crippen LogP contribution in [0.5, 0.6) is 0 Å². The van der Waals surface area contributed by atoms with E-state index in [1.165, 1.54) is 58.4 Å². The zero-order chi connectivity index (χ0) is 13.0.